The van der Waals surface area contributed by atoms with Gasteiger partial charge in [0.25, 0.3) is 0 Å². The molecule has 6 heteroatoms. The molecule has 6 nitrogen and oxygen atoms in total. The van der Waals surface area contributed by atoms with Crippen molar-refractivity contribution in [3.63, 3.8) is 0 Å². The number of anilines is 1. The molecule has 1 saturated heterocycles. The lowest BCUT2D eigenvalue weighted by molar-refractivity contribution is 0.207. The van der Waals surface area contributed by atoms with E-state index in [2.05, 4.69) is 15.5 Å². The van der Waals surface area contributed by atoms with E-state index in [1.165, 1.54) is 12.8 Å². The van der Waals surface area contributed by atoms with Crippen molar-refractivity contribution < 1.29 is 13.9 Å². The van der Waals surface area contributed by atoms with Gasteiger partial charge in [0, 0.05) is 12.2 Å². The molecule has 0 aliphatic carbocycles. The van der Waals surface area contributed by atoms with Crippen molar-refractivity contribution in [3.05, 3.63) is 48.4 Å². The van der Waals surface area contributed by atoms with Crippen LogP contribution in [0.1, 0.15) is 24.6 Å². The number of carbonyl (C=O) groups is 1. The molecule has 1 fully saturated rings. The number of ether oxygens (including phenoxy) is 1. The van der Waals surface area contributed by atoms with E-state index in [0.717, 1.165) is 30.3 Å². The van der Waals surface area contributed by atoms with E-state index in [1.54, 1.807) is 13.4 Å². The van der Waals surface area contributed by atoms with E-state index in [1.807, 2.05) is 36.4 Å². The van der Waals surface area contributed by atoms with Gasteiger partial charge in [-0.1, -0.05) is 0 Å². The van der Waals surface area contributed by atoms with Gasteiger partial charge in [0.15, 0.2) is 0 Å². The zero-order valence-corrected chi connectivity index (χ0v) is 13.8. The van der Waals surface area contributed by atoms with Gasteiger partial charge in [-0.15, -0.1) is 0 Å². The van der Waals surface area contributed by atoms with Crippen LogP contribution in [-0.4, -0.2) is 37.7 Å². The standard InChI is InChI=1S/C18H23N3O3/c1-23-15-8-6-14(7-9-15)20-18(22)19-13-16(17-5-4-12-24-17)21-10-2-3-11-21/h4-9,12,16H,2-3,10-11,13H2,1H3,(H2,19,20,22). The summed E-state index contributed by atoms with van der Waals surface area (Å²) in [5, 5.41) is 5.77. The Hall–Kier alpha value is -2.47. The predicted octanol–water partition coefficient (Wildman–Crippen LogP) is 3.25. The van der Waals surface area contributed by atoms with Crippen LogP contribution in [-0.2, 0) is 0 Å². The van der Waals surface area contributed by atoms with Crippen molar-refractivity contribution in [2.24, 2.45) is 0 Å². The summed E-state index contributed by atoms with van der Waals surface area (Å²) in [5.74, 6) is 1.65. The molecule has 1 atom stereocenters. The topological polar surface area (TPSA) is 66.7 Å². The summed E-state index contributed by atoms with van der Waals surface area (Å²) in [6.45, 7) is 2.58. The van der Waals surface area contributed by atoms with Crippen LogP contribution in [0.25, 0.3) is 0 Å². The molecule has 1 aliphatic rings. The van der Waals surface area contributed by atoms with Crippen molar-refractivity contribution in [2.45, 2.75) is 18.9 Å². The number of nitrogens with zero attached hydrogens (tertiary/aromatic N) is 1. The molecule has 1 aliphatic heterocycles. The molecule has 1 aromatic heterocycles. The molecule has 0 radical (unpaired) electrons. The van der Waals surface area contributed by atoms with Crippen LogP contribution in [0.2, 0.25) is 0 Å². The molecule has 1 aromatic carbocycles. The van der Waals surface area contributed by atoms with Crippen molar-refractivity contribution >= 4 is 11.7 Å². The zero-order chi connectivity index (χ0) is 16.8. The van der Waals surface area contributed by atoms with Gasteiger partial charge >= 0.3 is 6.03 Å². The number of methoxy groups -OCH3 is 1. The molecule has 0 spiro atoms. The quantitative estimate of drug-likeness (QED) is 0.854. The Morgan fingerprint density at radius 2 is 2.00 bits per heavy atom. The van der Waals surface area contributed by atoms with Crippen LogP contribution in [0.3, 0.4) is 0 Å². The Morgan fingerprint density at radius 3 is 2.62 bits per heavy atom. The number of nitrogens with one attached hydrogen (secondary N) is 2. The predicted molar refractivity (Wildman–Crippen MR) is 92.3 cm³/mol. The Bertz CT molecular complexity index is 634. The summed E-state index contributed by atoms with van der Waals surface area (Å²) in [5.41, 5.74) is 0.726. The maximum absolute atomic E-state index is 12.2. The first-order chi connectivity index (χ1) is 11.8. The molecular weight excluding hydrogens is 306 g/mol. The lowest BCUT2D eigenvalue weighted by atomic mass is 10.2. The van der Waals surface area contributed by atoms with Crippen molar-refractivity contribution in [1.29, 1.82) is 0 Å². The number of likely N-dealkylation sites (tertiary alicyclic amines) is 1. The molecule has 24 heavy (non-hydrogen) atoms. The fourth-order valence-corrected chi connectivity index (χ4v) is 2.98. The summed E-state index contributed by atoms with van der Waals surface area (Å²) in [6, 6.07) is 10.9. The number of benzene rings is 1. The minimum absolute atomic E-state index is 0.0733. The number of furan rings is 1. The van der Waals surface area contributed by atoms with Crippen LogP contribution >= 0.6 is 0 Å². The molecule has 3 rings (SSSR count). The fourth-order valence-electron chi connectivity index (χ4n) is 2.98. The summed E-state index contributed by atoms with van der Waals surface area (Å²) in [7, 11) is 1.61. The molecule has 0 bridgehead atoms. The van der Waals surface area contributed by atoms with Crippen molar-refractivity contribution in [1.82, 2.24) is 10.2 Å². The Balaban J connectivity index is 1.56. The van der Waals surface area contributed by atoms with E-state index in [4.69, 9.17) is 9.15 Å². The van der Waals surface area contributed by atoms with Gasteiger partial charge in [-0.05, 0) is 62.3 Å². The van der Waals surface area contributed by atoms with E-state index in [9.17, 15) is 4.79 Å². The minimum atomic E-state index is -0.226. The molecule has 2 aromatic rings. The van der Waals surface area contributed by atoms with Gasteiger partial charge in [0.2, 0.25) is 0 Å². The van der Waals surface area contributed by atoms with Crippen LogP contribution in [0.15, 0.2) is 47.1 Å². The van der Waals surface area contributed by atoms with Gasteiger partial charge in [-0.3, -0.25) is 4.90 Å². The Kier molecular flexibility index (Phi) is 5.38. The number of hydrogen-bond donors (Lipinski definition) is 2. The lowest BCUT2D eigenvalue weighted by Gasteiger charge is -2.26. The number of carbonyl (C=O) groups excluding carboxylic acids is 1. The molecule has 2 heterocycles. The highest BCUT2D eigenvalue weighted by Crippen LogP contribution is 2.25. The number of urea groups is 1. The fraction of sp³-hybridized carbons (Fsp3) is 0.389. The van der Waals surface area contributed by atoms with Crippen molar-refractivity contribution in [2.75, 3.05) is 32.1 Å². The van der Waals surface area contributed by atoms with Gasteiger partial charge in [-0.2, -0.15) is 0 Å². The lowest BCUT2D eigenvalue weighted by Crippen LogP contribution is -2.38. The van der Waals surface area contributed by atoms with E-state index in [0.29, 0.717) is 6.54 Å². The Labute approximate surface area is 141 Å². The first-order valence-electron chi connectivity index (χ1n) is 8.22. The molecule has 0 saturated carbocycles. The second-order valence-electron chi connectivity index (χ2n) is 5.84. The number of rotatable bonds is 6. The van der Waals surface area contributed by atoms with Crippen LogP contribution < -0.4 is 15.4 Å². The second kappa shape index (κ2) is 7.88. The first kappa shape index (κ1) is 16.4. The SMILES string of the molecule is COc1ccc(NC(=O)NCC(c2ccco2)N2CCCC2)cc1. The third kappa shape index (κ3) is 4.08. The number of amides is 2. The highest BCUT2D eigenvalue weighted by molar-refractivity contribution is 5.89. The minimum Gasteiger partial charge on any atom is -0.497 e. The summed E-state index contributed by atoms with van der Waals surface area (Å²) < 4.78 is 10.7. The third-order valence-corrected chi connectivity index (χ3v) is 4.26. The zero-order valence-electron chi connectivity index (χ0n) is 13.8. The highest BCUT2D eigenvalue weighted by atomic mass is 16.5. The first-order valence-corrected chi connectivity index (χ1v) is 8.22. The monoisotopic (exact) mass is 329 g/mol. The normalized spacial score (nSPS) is 15.9. The smallest absolute Gasteiger partial charge is 0.319 e. The van der Waals surface area contributed by atoms with Gasteiger partial charge < -0.3 is 19.8 Å². The van der Waals surface area contributed by atoms with Crippen LogP contribution in [0.5, 0.6) is 5.75 Å². The van der Waals surface area contributed by atoms with Crippen LogP contribution in [0, 0.1) is 0 Å². The average Bonchev–Trinajstić information content (AvgIpc) is 3.30. The third-order valence-electron chi connectivity index (χ3n) is 4.26. The van der Waals surface area contributed by atoms with Gasteiger partial charge in [-0.25, -0.2) is 4.79 Å². The molecule has 2 amide bonds. The Morgan fingerprint density at radius 1 is 1.25 bits per heavy atom. The summed E-state index contributed by atoms with van der Waals surface area (Å²) in [4.78, 5) is 14.5. The van der Waals surface area contributed by atoms with E-state index < -0.39 is 0 Å². The van der Waals surface area contributed by atoms with E-state index in [-0.39, 0.29) is 12.1 Å². The molecule has 2 N–H and O–H groups in total. The number of hydrogen-bond acceptors (Lipinski definition) is 4. The molecular formula is C18H23N3O3. The van der Waals surface area contributed by atoms with Gasteiger partial charge in [0.1, 0.15) is 11.5 Å². The molecule has 128 valence electrons. The summed E-state index contributed by atoms with van der Waals surface area (Å²) >= 11 is 0. The van der Waals surface area contributed by atoms with E-state index >= 15 is 0 Å². The second-order valence-corrected chi connectivity index (χ2v) is 5.84. The highest BCUT2D eigenvalue weighted by Gasteiger charge is 2.25. The maximum Gasteiger partial charge on any atom is 0.319 e. The largest absolute Gasteiger partial charge is 0.497 e. The van der Waals surface area contributed by atoms with Crippen molar-refractivity contribution in [3.8, 4) is 5.75 Å². The van der Waals surface area contributed by atoms with Crippen LogP contribution in [0.4, 0.5) is 10.5 Å². The van der Waals surface area contributed by atoms with Gasteiger partial charge in [0.05, 0.1) is 19.4 Å². The average molecular weight is 329 g/mol. The maximum atomic E-state index is 12.2. The summed E-state index contributed by atoms with van der Waals surface area (Å²) in [6.07, 6.45) is 4.06. The molecule has 1 unspecified atom stereocenters.